The van der Waals surface area contributed by atoms with Gasteiger partial charge in [-0.05, 0) is 43.2 Å². The quantitative estimate of drug-likeness (QED) is 0.757. The molecule has 1 aliphatic rings. The highest BCUT2D eigenvalue weighted by Gasteiger charge is 2.26. The van der Waals surface area contributed by atoms with Gasteiger partial charge in [-0.2, -0.15) is 0 Å². The molecule has 128 valence electrons. The number of rotatable bonds is 6. The minimum Gasteiger partial charge on any atom is -0.484 e. The second kappa shape index (κ2) is 8.14. The zero-order valence-electron chi connectivity index (χ0n) is 13.4. The third-order valence-electron chi connectivity index (χ3n) is 3.85. The van der Waals surface area contributed by atoms with Crippen molar-refractivity contribution in [2.24, 2.45) is 11.7 Å². The SMILES string of the molecule is C=CC(=O)N1CCC(C(=O)Nc2ccc(OCC(N)=O)cc2)CC1. The van der Waals surface area contributed by atoms with Gasteiger partial charge < -0.3 is 20.7 Å². The summed E-state index contributed by atoms with van der Waals surface area (Å²) in [6, 6.07) is 6.71. The number of hydrogen-bond donors (Lipinski definition) is 2. The van der Waals surface area contributed by atoms with Gasteiger partial charge in [-0.1, -0.05) is 6.58 Å². The van der Waals surface area contributed by atoms with E-state index in [1.165, 1.54) is 6.08 Å². The van der Waals surface area contributed by atoms with Crippen LogP contribution in [0.3, 0.4) is 0 Å². The van der Waals surface area contributed by atoms with Crippen molar-refractivity contribution < 1.29 is 19.1 Å². The molecule has 0 spiro atoms. The standard InChI is InChI=1S/C17H21N3O4/c1-2-16(22)20-9-7-12(8-10-20)17(23)19-13-3-5-14(6-4-13)24-11-15(18)21/h2-6,12H,1,7-11H2,(H2,18,21)(H,19,23). The maximum absolute atomic E-state index is 12.3. The monoisotopic (exact) mass is 331 g/mol. The van der Waals surface area contributed by atoms with Crippen LogP contribution in [-0.4, -0.2) is 42.3 Å². The number of piperidine rings is 1. The highest BCUT2D eigenvalue weighted by Crippen LogP contribution is 2.21. The molecule has 1 saturated heterocycles. The molecule has 7 heteroatoms. The lowest BCUT2D eigenvalue weighted by atomic mass is 9.95. The van der Waals surface area contributed by atoms with Crippen molar-refractivity contribution in [3.8, 4) is 5.75 Å². The van der Waals surface area contributed by atoms with Crippen LogP contribution in [0.25, 0.3) is 0 Å². The van der Waals surface area contributed by atoms with Crippen molar-refractivity contribution in [1.82, 2.24) is 4.90 Å². The van der Waals surface area contributed by atoms with Crippen LogP contribution in [0.2, 0.25) is 0 Å². The summed E-state index contributed by atoms with van der Waals surface area (Å²) in [5.74, 6) is -0.326. The minimum atomic E-state index is -0.548. The first-order valence-corrected chi connectivity index (χ1v) is 7.73. The van der Waals surface area contributed by atoms with Crippen LogP contribution >= 0.6 is 0 Å². The van der Waals surface area contributed by atoms with Gasteiger partial charge in [-0.3, -0.25) is 14.4 Å². The minimum absolute atomic E-state index is 0.0634. The summed E-state index contributed by atoms with van der Waals surface area (Å²) in [5.41, 5.74) is 5.65. The molecule has 1 aromatic carbocycles. The maximum atomic E-state index is 12.3. The van der Waals surface area contributed by atoms with Crippen LogP contribution in [0.5, 0.6) is 5.75 Å². The number of nitrogens with two attached hydrogens (primary N) is 1. The fraction of sp³-hybridized carbons (Fsp3) is 0.353. The van der Waals surface area contributed by atoms with Crippen molar-refractivity contribution in [2.75, 3.05) is 25.0 Å². The van der Waals surface area contributed by atoms with Crippen molar-refractivity contribution in [3.05, 3.63) is 36.9 Å². The number of amides is 3. The molecule has 0 atom stereocenters. The van der Waals surface area contributed by atoms with Gasteiger partial charge in [0.25, 0.3) is 5.91 Å². The number of primary amides is 1. The van der Waals surface area contributed by atoms with E-state index in [-0.39, 0.29) is 24.3 Å². The Bertz CT molecular complexity index is 619. The molecule has 0 radical (unpaired) electrons. The zero-order valence-corrected chi connectivity index (χ0v) is 13.4. The van der Waals surface area contributed by atoms with Crippen LogP contribution in [0.1, 0.15) is 12.8 Å². The third-order valence-corrected chi connectivity index (χ3v) is 3.85. The van der Waals surface area contributed by atoms with E-state index >= 15 is 0 Å². The lowest BCUT2D eigenvalue weighted by Crippen LogP contribution is -2.40. The average molecular weight is 331 g/mol. The molecule has 1 aliphatic heterocycles. The molecule has 7 nitrogen and oxygen atoms in total. The lowest BCUT2D eigenvalue weighted by molar-refractivity contribution is -0.130. The van der Waals surface area contributed by atoms with Gasteiger partial charge in [-0.15, -0.1) is 0 Å². The summed E-state index contributed by atoms with van der Waals surface area (Å²) in [5, 5.41) is 2.85. The number of hydrogen-bond acceptors (Lipinski definition) is 4. The largest absolute Gasteiger partial charge is 0.484 e. The Balaban J connectivity index is 1.83. The van der Waals surface area contributed by atoms with Crippen LogP contribution < -0.4 is 15.8 Å². The Labute approximate surface area is 140 Å². The van der Waals surface area contributed by atoms with E-state index in [2.05, 4.69) is 11.9 Å². The average Bonchev–Trinajstić information content (AvgIpc) is 2.60. The molecule has 0 aliphatic carbocycles. The number of anilines is 1. The summed E-state index contributed by atoms with van der Waals surface area (Å²) in [6.45, 7) is 4.40. The molecule has 0 unspecified atom stereocenters. The van der Waals surface area contributed by atoms with Gasteiger partial charge in [0.15, 0.2) is 6.61 Å². The molecule has 3 amide bonds. The van der Waals surface area contributed by atoms with Gasteiger partial charge in [0, 0.05) is 24.7 Å². The molecule has 2 rings (SSSR count). The summed E-state index contributed by atoms with van der Waals surface area (Å²) in [4.78, 5) is 36.2. The summed E-state index contributed by atoms with van der Waals surface area (Å²) >= 11 is 0. The van der Waals surface area contributed by atoms with E-state index in [1.54, 1.807) is 29.2 Å². The highest BCUT2D eigenvalue weighted by molar-refractivity contribution is 5.93. The van der Waals surface area contributed by atoms with Gasteiger partial charge >= 0.3 is 0 Å². The maximum Gasteiger partial charge on any atom is 0.255 e. The predicted octanol–water partition coefficient (Wildman–Crippen LogP) is 0.914. The van der Waals surface area contributed by atoms with Crippen molar-refractivity contribution in [1.29, 1.82) is 0 Å². The fourth-order valence-corrected chi connectivity index (χ4v) is 2.52. The first kappa shape index (κ1) is 17.5. The van der Waals surface area contributed by atoms with Crippen LogP contribution in [0.4, 0.5) is 5.69 Å². The Kier molecular flexibility index (Phi) is 5.95. The Morgan fingerprint density at radius 3 is 2.42 bits per heavy atom. The van der Waals surface area contributed by atoms with E-state index in [1.807, 2.05) is 0 Å². The van der Waals surface area contributed by atoms with E-state index in [0.717, 1.165) is 0 Å². The van der Waals surface area contributed by atoms with E-state index in [9.17, 15) is 14.4 Å². The topological polar surface area (TPSA) is 102 Å². The molecule has 1 heterocycles. The van der Waals surface area contributed by atoms with Gasteiger partial charge in [-0.25, -0.2) is 0 Å². The van der Waals surface area contributed by atoms with Crippen LogP contribution in [0.15, 0.2) is 36.9 Å². The van der Waals surface area contributed by atoms with Gasteiger partial charge in [0.2, 0.25) is 11.8 Å². The number of likely N-dealkylation sites (tertiary alicyclic amines) is 1. The van der Waals surface area contributed by atoms with Gasteiger partial charge in [0.05, 0.1) is 0 Å². The van der Waals surface area contributed by atoms with Crippen molar-refractivity contribution in [2.45, 2.75) is 12.8 Å². The highest BCUT2D eigenvalue weighted by atomic mass is 16.5. The Hall–Kier alpha value is -2.83. The molecule has 0 bridgehead atoms. The third kappa shape index (κ3) is 4.84. The zero-order chi connectivity index (χ0) is 17.5. The predicted molar refractivity (Wildman–Crippen MR) is 89.3 cm³/mol. The van der Waals surface area contributed by atoms with Crippen molar-refractivity contribution in [3.63, 3.8) is 0 Å². The van der Waals surface area contributed by atoms with Crippen LogP contribution in [0, 0.1) is 5.92 Å². The smallest absolute Gasteiger partial charge is 0.255 e. The summed E-state index contributed by atoms with van der Waals surface area (Å²) in [7, 11) is 0. The number of carbonyl (C=O) groups excluding carboxylic acids is 3. The number of benzene rings is 1. The normalized spacial score (nSPS) is 14.8. The first-order valence-electron chi connectivity index (χ1n) is 7.73. The molecule has 0 saturated carbocycles. The molecule has 1 fully saturated rings. The number of nitrogens with one attached hydrogen (secondary N) is 1. The molecule has 24 heavy (non-hydrogen) atoms. The summed E-state index contributed by atoms with van der Waals surface area (Å²) < 4.78 is 5.16. The molecular weight excluding hydrogens is 310 g/mol. The first-order chi connectivity index (χ1) is 11.5. The van der Waals surface area contributed by atoms with Crippen LogP contribution in [-0.2, 0) is 14.4 Å². The van der Waals surface area contributed by atoms with E-state index < -0.39 is 5.91 Å². The second-order valence-corrected chi connectivity index (χ2v) is 5.57. The van der Waals surface area contributed by atoms with E-state index in [4.69, 9.17) is 10.5 Å². The lowest BCUT2D eigenvalue weighted by Gasteiger charge is -2.30. The Morgan fingerprint density at radius 1 is 1.25 bits per heavy atom. The van der Waals surface area contributed by atoms with E-state index in [0.29, 0.717) is 37.4 Å². The molecular formula is C17H21N3O4. The van der Waals surface area contributed by atoms with Gasteiger partial charge in [0.1, 0.15) is 5.75 Å². The fourth-order valence-electron chi connectivity index (χ4n) is 2.52. The molecule has 1 aromatic rings. The Morgan fingerprint density at radius 2 is 1.88 bits per heavy atom. The molecule has 0 aromatic heterocycles. The summed E-state index contributed by atoms with van der Waals surface area (Å²) in [6.07, 6.45) is 2.55. The number of ether oxygens (including phenoxy) is 1. The number of carbonyl (C=O) groups is 3. The second-order valence-electron chi connectivity index (χ2n) is 5.57. The number of nitrogens with zero attached hydrogens (tertiary/aromatic N) is 1. The molecule has 3 N–H and O–H groups in total. The van der Waals surface area contributed by atoms with Crippen molar-refractivity contribution >= 4 is 23.4 Å².